The number of carbonyl (C=O) groups excluding carboxylic acids is 2. The van der Waals surface area contributed by atoms with Gasteiger partial charge in [-0.05, 0) is 43.0 Å². The molecule has 2 aromatic carbocycles. The van der Waals surface area contributed by atoms with Gasteiger partial charge in [-0.15, -0.1) is 0 Å². The van der Waals surface area contributed by atoms with Crippen molar-refractivity contribution in [3.05, 3.63) is 65.0 Å². The molecule has 0 bridgehead atoms. The summed E-state index contributed by atoms with van der Waals surface area (Å²) in [7, 11) is 1.44. The van der Waals surface area contributed by atoms with Crippen LogP contribution in [-0.2, 0) is 22.6 Å². The van der Waals surface area contributed by atoms with Crippen LogP contribution in [0.2, 0.25) is 0 Å². The molecule has 2 aromatic rings. The first-order valence-corrected chi connectivity index (χ1v) is 9.65. The van der Waals surface area contributed by atoms with Crippen molar-refractivity contribution in [3.8, 4) is 5.75 Å². The number of ether oxygens (including phenoxy) is 1. The number of methoxy groups -OCH3 is 1. The Morgan fingerprint density at radius 3 is 2.50 bits per heavy atom. The molecule has 1 aliphatic rings. The maximum atomic E-state index is 14.4. The standard InChI is InChI=1S/C22H23F3N2O3/c1-30-15-6-5-14(19(25)11-15)12-22(10-8-21(29)27-22)9-7-20(28)26-13-16-17(23)3-2-4-18(16)24/h2-6,11H,7-10,12-13H2,1H3,(H,26,28)(H,27,29)/t22-/m0/s1. The Morgan fingerprint density at radius 2 is 1.90 bits per heavy atom. The Bertz CT molecular complexity index is 931. The first-order valence-electron chi connectivity index (χ1n) is 9.65. The number of rotatable bonds is 8. The van der Waals surface area contributed by atoms with Crippen molar-refractivity contribution in [1.82, 2.24) is 10.6 Å². The van der Waals surface area contributed by atoms with Gasteiger partial charge in [0.25, 0.3) is 0 Å². The number of amides is 2. The fourth-order valence-electron chi connectivity index (χ4n) is 3.67. The molecule has 1 saturated heterocycles. The van der Waals surface area contributed by atoms with Gasteiger partial charge in [0.05, 0.1) is 7.11 Å². The highest BCUT2D eigenvalue weighted by molar-refractivity contribution is 5.80. The number of hydrogen-bond acceptors (Lipinski definition) is 3. The van der Waals surface area contributed by atoms with E-state index in [9.17, 15) is 22.8 Å². The van der Waals surface area contributed by atoms with Gasteiger partial charge < -0.3 is 15.4 Å². The molecule has 1 fully saturated rings. The van der Waals surface area contributed by atoms with Gasteiger partial charge in [0.2, 0.25) is 11.8 Å². The molecule has 5 nitrogen and oxygen atoms in total. The molecule has 160 valence electrons. The Labute approximate surface area is 172 Å². The summed E-state index contributed by atoms with van der Waals surface area (Å²) in [5.74, 6) is -2.09. The molecular weight excluding hydrogens is 397 g/mol. The summed E-state index contributed by atoms with van der Waals surface area (Å²) in [5, 5.41) is 5.38. The first-order chi connectivity index (χ1) is 14.3. The molecule has 0 aromatic heterocycles. The van der Waals surface area contributed by atoms with E-state index in [-0.39, 0.29) is 37.3 Å². The number of hydrogen-bond donors (Lipinski definition) is 2. The first kappa shape index (κ1) is 21.7. The Kier molecular flexibility index (Phi) is 6.64. The average molecular weight is 420 g/mol. The molecule has 0 spiro atoms. The normalized spacial score (nSPS) is 18.2. The van der Waals surface area contributed by atoms with E-state index in [1.165, 1.54) is 19.2 Å². The fraction of sp³-hybridized carbons (Fsp3) is 0.364. The minimum atomic E-state index is -0.757. The molecule has 0 saturated carbocycles. The maximum absolute atomic E-state index is 14.4. The molecule has 0 radical (unpaired) electrons. The third-order valence-corrected chi connectivity index (χ3v) is 5.38. The number of halogens is 3. The van der Waals surface area contributed by atoms with Gasteiger partial charge in [-0.2, -0.15) is 0 Å². The third kappa shape index (κ3) is 5.11. The van der Waals surface area contributed by atoms with Crippen molar-refractivity contribution in [2.75, 3.05) is 7.11 Å². The van der Waals surface area contributed by atoms with Crippen LogP contribution < -0.4 is 15.4 Å². The number of nitrogens with one attached hydrogen (secondary N) is 2. The second-order valence-corrected chi connectivity index (χ2v) is 7.44. The molecule has 2 N–H and O–H groups in total. The summed E-state index contributed by atoms with van der Waals surface area (Å²) in [6.07, 6.45) is 1.28. The van der Waals surface area contributed by atoms with Crippen LogP contribution in [-0.4, -0.2) is 24.5 Å². The lowest BCUT2D eigenvalue weighted by molar-refractivity contribution is -0.122. The highest BCUT2D eigenvalue weighted by Gasteiger charge is 2.38. The number of benzene rings is 2. The second-order valence-electron chi connectivity index (χ2n) is 7.44. The topological polar surface area (TPSA) is 67.4 Å². The van der Waals surface area contributed by atoms with E-state index in [2.05, 4.69) is 10.6 Å². The molecule has 30 heavy (non-hydrogen) atoms. The van der Waals surface area contributed by atoms with Gasteiger partial charge in [0.15, 0.2) is 0 Å². The van der Waals surface area contributed by atoms with Crippen molar-refractivity contribution in [2.45, 2.75) is 44.2 Å². The van der Waals surface area contributed by atoms with E-state index in [0.717, 1.165) is 12.1 Å². The summed E-state index contributed by atoms with van der Waals surface area (Å²) < 4.78 is 46.8. The highest BCUT2D eigenvalue weighted by atomic mass is 19.1. The third-order valence-electron chi connectivity index (χ3n) is 5.38. The second kappa shape index (κ2) is 9.19. The summed E-state index contributed by atoms with van der Waals surface area (Å²) in [4.78, 5) is 24.1. The van der Waals surface area contributed by atoms with Crippen molar-refractivity contribution >= 4 is 11.8 Å². The molecule has 2 amide bonds. The van der Waals surface area contributed by atoms with Crippen LogP contribution in [0.15, 0.2) is 36.4 Å². The lowest BCUT2D eigenvalue weighted by atomic mass is 9.84. The van der Waals surface area contributed by atoms with Crippen LogP contribution in [0.3, 0.4) is 0 Å². The minimum Gasteiger partial charge on any atom is -0.497 e. The Balaban J connectivity index is 1.64. The molecule has 3 rings (SSSR count). The van der Waals surface area contributed by atoms with Crippen molar-refractivity contribution in [3.63, 3.8) is 0 Å². The molecule has 1 atom stereocenters. The van der Waals surface area contributed by atoms with E-state index in [0.29, 0.717) is 24.2 Å². The zero-order valence-electron chi connectivity index (χ0n) is 16.6. The van der Waals surface area contributed by atoms with Gasteiger partial charge in [0.1, 0.15) is 23.2 Å². The van der Waals surface area contributed by atoms with Crippen LogP contribution in [0, 0.1) is 17.5 Å². The maximum Gasteiger partial charge on any atom is 0.220 e. The summed E-state index contributed by atoms with van der Waals surface area (Å²) >= 11 is 0. The van der Waals surface area contributed by atoms with Crippen molar-refractivity contribution in [2.24, 2.45) is 0 Å². The smallest absolute Gasteiger partial charge is 0.220 e. The molecular formula is C22H23F3N2O3. The highest BCUT2D eigenvalue weighted by Crippen LogP contribution is 2.31. The molecule has 1 heterocycles. The van der Waals surface area contributed by atoms with E-state index in [4.69, 9.17) is 4.74 Å². The summed E-state index contributed by atoms with van der Waals surface area (Å²) in [6, 6.07) is 8.00. The van der Waals surface area contributed by atoms with Gasteiger partial charge in [-0.3, -0.25) is 9.59 Å². The SMILES string of the molecule is COc1ccc(C[C@]2(CCC(=O)NCc3c(F)cccc3F)CCC(=O)N2)c(F)c1. The van der Waals surface area contributed by atoms with E-state index in [1.807, 2.05) is 0 Å². The predicted molar refractivity (Wildman–Crippen MR) is 104 cm³/mol. The van der Waals surface area contributed by atoms with Gasteiger partial charge in [-0.25, -0.2) is 13.2 Å². The minimum absolute atomic E-state index is 0.0219. The van der Waals surface area contributed by atoms with Gasteiger partial charge in [0, 0.05) is 36.6 Å². The fourth-order valence-corrected chi connectivity index (χ4v) is 3.67. The quantitative estimate of drug-likeness (QED) is 0.688. The summed E-state index contributed by atoms with van der Waals surface area (Å²) in [6.45, 7) is -0.274. The Hall–Kier alpha value is -3.03. The van der Waals surface area contributed by atoms with Gasteiger partial charge >= 0.3 is 0 Å². The molecule has 1 aliphatic heterocycles. The van der Waals surface area contributed by atoms with Crippen LogP contribution >= 0.6 is 0 Å². The lowest BCUT2D eigenvalue weighted by Gasteiger charge is -2.29. The van der Waals surface area contributed by atoms with Crippen LogP contribution in [0.25, 0.3) is 0 Å². The van der Waals surface area contributed by atoms with E-state index in [1.54, 1.807) is 12.1 Å². The van der Waals surface area contributed by atoms with Gasteiger partial charge in [-0.1, -0.05) is 12.1 Å². The van der Waals surface area contributed by atoms with Crippen molar-refractivity contribution in [1.29, 1.82) is 0 Å². The van der Waals surface area contributed by atoms with Crippen molar-refractivity contribution < 1.29 is 27.5 Å². The molecule has 0 aliphatic carbocycles. The predicted octanol–water partition coefficient (Wildman–Crippen LogP) is 3.40. The molecule has 0 unspecified atom stereocenters. The van der Waals surface area contributed by atoms with Crippen LogP contribution in [0.1, 0.15) is 36.8 Å². The monoisotopic (exact) mass is 420 g/mol. The zero-order valence-corrected chi connectivity index (χ0v) is 16.6. The average Bonchev–Trinajstić information content (AvgIpc) is 3.08. The van der Waals surface area contributed by atoms with E-state index >= 15 is 0 Å². The largest absolute Gasteiger partial charge is 0.497 e. The number of carbonyl (C=O) groups is 2. The summed E-state index contributed by atoms with van der Waals surface area (Å²) in [5.41, 5.74) is -0.561. The van der Waals surface area contributed by atoms with E-state index < -0.39 is 28.9 Å². The lowest BCUT2D eigenvalue weighted by Crippen LogP contribution is -2.44. The Morgan fingerprint density at radius 1 is 1.17 bits per heavy atom. The zero-order chi connectivity index (χ0) is 21.7. The van der Waals surface area contributed by atoms with Crippen LogP contribution in [0.5, 0.6) is 5.75 Å². The van der Waals surface area contributed by atoms with Crippen LogP contribution in [0.4, 0.5) is 13.2 Å². The molecule has 8 heteroatoms.